The number of carbonyl (C=O) groups excluding carboxylic acids is 1. The minimum absolute atomic E-state index is 0.158. The number of fused-ring (bicyclic) bond motifs is 2. The van der Waals surface area contributed by atoms with E-state index in [0.29, 0.717) is 23.2 Å². The van der Waals surface area contributed by atoms with Crippen LogP contribution >= 0.6 is 0 Å². The Hall–Kier alpha value is -4.78. The van der Waals surface area contributed by atoms with Gasteiger partial charge in [-0.25, -0.2) is 19.3 Å². The monoisotopic (exact) mass is 582 g/mol. The quantitative estimate of drug-likeness (QED) is 0.185. The van der Waals surface area contributed by atoms with Gasteiger partial charge in [0.2, 0.25) is 0 Å². The van der Waals surface area contributed by atoms with Crippen molar-refractivity contribution in [3.05, 3.63) is 83.1 Å². The number of nitrogens with one attached hydrogen (secondary N) is 2. The van der Waals surface area contributed by atoms with E-state index in [-0.39, 0.29) is 5.69 Å². The summed E-state index contributed by atoms with van der Waals surface area (Å²) in [5.74, 6) is 0.566. The second-order valence-electron chi connectivity index (χ2n) is 9.05. The van der Waals surface area contributed by atoms with Gasteiger partial charge in [-0.15, -0.1) is 0 Å². The van der Waals surface area contributed by atoms with Gasteiger partial charge in [0.05, 0.1) is 29.3 Å². The van der Waals surface area contributed by atoms with E-state index < -0.39 is 17.6 Å². The number of alkyl halides is 3. The normalized spacial score (nSPS) is 12.6. The molecule has 4 N–H and O–H groups in total. The van der Waals surface area contributed by atoms with Crippen molar-refractivity contribution in [2.75, 3.05) is 31.2 Å². The molecule has 1 aromatic carbocycles. The smallest absolute Gasteiger partial charge is 0.386 e. The molecule has 0 amide bonds. The zero-order chi connectivity index (χ0) is 30.6. The summed E-state index contributed by atoms with van der Waals surface area (Å²) in [6.45, 7) is 7.74. The Balaban J connectivity index is 0.000000229. The first-order chi connectivity index (χ1) is 20.1. The molecule has 1 aliphatic rings. The molecule has 220 valence electrons. The van der Waals surface area contributed by atoms with Crippen molar-refractivity contribution >= 4 is 35.0 Å². The number of nitrogens with two attached hydrogens (primary N) is 1. The van der Waals surface area contributed by atoms with Crippen molar-refractivity contribution in [3.8, 4) is 11.3 Å². The fourth-order valence-corrected chi connectivity index (χ4v) is 4.35. The molecule has 0 radical (unpaired) electrons. The number of rotatable bonds is 4. The second-order valence-corrected chi connectivity index (χ2v) is 9.05. The lowest BCUT2D eigenvalue weighted by atomic mass is 10.1. The van der Waals surface area contributed by atoms with Crippen molar-refractivity contribution in [1.29, 1.82) is 0 Å². The van der Waals surface area contributed by atoms with Crippen LogP contribution in [0.5, 0.6) is 0 Å². The van der Waals surface area contributed by atoms with Gasteiger partial charge in [-0.05, 0) is 48.9 Å². The van der Waals surface area contributed by atoms with Crippen LogP contribution in [0.25, 0.3) is 28.5 Å². The van der Waals surface area contributed by atoms with E-state index in [9.17, 15) is 22.4 Å². The van der Waals surface area contributed by atoms with Gasteiger partial charge in [-0.1, -0.05) is 13.8 Å². The number of hydrogen-bond acceptors (Lipinski definition) is 7. The van der Waals surface area contributed by atoms with E-state index in [0.717, 1.165) is 59.8 Å². The van der Waals surface area contributed by atoms with E-state index in [1.165, 1.54) is 12.6 Å². The number of nitrogen functional groups attached to an aromatic ring is 1. The van der Waals surface area contributed by atoms with Gasteiger partial charge in [0.15, 0.2) is 6.29 Å². The van der Waals surface area contributed by atoms with Crippen LogP contribution in [0.2, 0.25) is 0 Å². The zero-order valence-electron chi connectivity index (χ0n) is 23.4. The first-order valence-electron chi connectivity index (χ1n) is 13.1. The van der Waals surface area contributed by atoms with Crippen LogP contribution in [0.3, 0.4) is 0 Å². The topological polar surface area (TPSA) is 115 Å². The predicted octanol–water partition coefficient (Wildman–Crippen LogP) is 5.65. The molecule has 1 fully saturated rings. The van der Waals surface area contributed by atoms with Gasteiger partial charge in [-0.3, -0.25) is 13.6 Å². The molecule has 5 heterocycles. The van der Waals surface area contributed by atoms with Crippen LogP contribution < -0.4 is 16.4 Å². The minimum Gasteiger partial charge on any atom is -0.386 e. The third kappa shape index (κ3) is 5.96. The van der Waals surface area contributed by atoms with Gasteiger partial charge >= 0.3 is 6.18 Å². The number of nitrogens with zero attached hydrogens (tertiary/aromatic N) is 5. The van der Waals surface area contributed by atoms with E-state index in [1.54, 1.807) is 16.8 Å². The summed E-state index contributed by atoms with van der Waals surface area (Å²) in [4.78, 5) is 24.5. The maximum Gasteiger partial charge on any atom is 0.416 e. The number of aromatic nitrogens is 5. The van der Waals surface area contributed by atoms with E-state index >= 15 is 0 Å². The zero-order valence-corrected chi connectivity index (χ0v) is 23.4. The summed E-state index contributed by atoms with van der Waals surface area (Å²) in [6.07, 6.45) is 3.63. The lowest BCUT2D eigenvalue weighted by Gasteiger charge is -2.18. The summed E-state index contributed by atoms with van der Waals surface area (Å²) in [6, 6.07) is 6.03. The highest BCUT2D eigenvalue weighted by Gasteiger charge is 2.31. The first-order valence-corrected chi connectivity index (χ1v) is 13.1. The molecule has 0 saturated carbocycles. The molecule has 0 atom stereocenters. The van der Waals surface area contributed by atoms with Crippen molar-refractivity contribution in [3.63, 3.8) is 0 Å². The van der Waals surface area contributed by atoms with Crippen LogP contribution in [0.1, 0.15) is 41.4 Å². The van der Waals surface area contributed by atoms with Crippen molar-refractivity contribution in [2.45, 2.75) is 26.9 Å². The van der Waals surface area contributed by atoms with Gasteiger partial charge < -0.3 is 16.4 Å². The van der Waals surface area contributed by atoms with Crippen LogP contribution in [0, 0.1) is 12.7 Å². The molecule has 42 heavy (non-hydrogen) atoms. The summed E-state index contributed by atoms with van der Waals surface area (Å²) in [5.41, 5.74) is 11.1. The highest BCUT2D eigenvalue weighted by atomic mass is 19.4. The summed E-state index contributed by atoms with van der Waals surface area (Å²) < 4.78 is 52.8. The number of aldehydes is 1. The van der Waals surface area contributed by atoms with Crippen LogP contribution in [0.4, 0.5) is 29.1 Å². The maximum atomic E-state index is 12.7. The summed E-state index contributed by atoms with van der Waals surface area (Å²) >= 11 is 0. The molecular weight excluding hydrogens is 552 g/mol. The largest absolute Gasteiger partial charge is 0.416 e. The van der Waals surface area contributed by atoms with Gasteiger partial charge in [0.25, 0.3) is 0 Å². The van der Waals surface area contributed by atoms with E-state index in [2.05, 4.69) is 26.7 Å². The number of carbonyl (C=O) groups is 1. The number of benzene rings is 1. The van der Waals surface area contributed by atoms with Crippen LogP contribution in [-0.4, -0.2) is 50.2 Å². The minimum atomic E-state index is -4.43. The van der Waals surface area contributed by atoms with E-state index in [1.807, 2.05) is 43.5 Å². The van der Waals surface area contributed by atoms with Gasteiger partial charge in [-0.2, -0.15) is 13.2 Å². The van der Waals surface area contributed by atoms with Crippen molar-refractivity contribution in [1.82, 2.24) is 29.1 Å². The third-order valence-corrected chi connectivity index (χ3v) is 6.44. The van der Waals surface area contributed by atoms with Crippen LogP contribution in [-0.2, 0) is 6.18 Å². The van der Waals surface area contributed by atoms with Crippen molar-refractivity contribution in [2.24, 2.45) is 0 Å². The Labute approximate surface area is 239 Å². The number of pyridine rings is 1. The Kier molecular flexibility index (Phi) is 8.90. The molecule has 4 aromatic heterocycles. The fraction of sp³-hybridized carbons (Fsp3) is 0.241. The van der Waals surface area contributed by atoms with Crippen LogP contribution in [0.15, 0.2) is 54.5 Å². The average Bonchev–Trinajstić information content (AvgIpc) is 3.54. The molecule has 0 bridgehead atoms. The molecule has 0 aliphatic carbocycles. The molecule has 0 spiro atoms. The molecule has 13 heteroatoms. The number of hydrogen-bond donors (Lipinski definition) is 3. The molecular formula is C29H30F4N8O. The lowest BCUT2D eigenvalue weighted by molar-refractivity contribution is -0.137. The molecule has 1 aliphatic heterocycles. The van der Waals surface area contributed by atoms with Gasteiger partial charge in [0, 0.05) is 31.9 Å². The Bertz CT molecular complexity index is 1770. The molecule has 5 aromatic rings. The lowest BCUT2D eigenvalue weighted by Crippen LogP contribution is -2.33. The molecule has 6 rings (SSSR count). The standard InChI is InChI=1S/C19H17N7O.C8H7F4N.C2H6/c1-11-24-17(13-2-3-25-15(10-27)9-22-16(25)5-13)18-19(20)23-8-14(26(11)18)4-12-6-21-7-12;1-13-7-4-5(8(10,11)12)2-3-6(7)9;1-2/h2-5,8-10,21H,6-7H2,1H3,(H2,20,23);2-4,13H,1H3;1-2H3. The third-order valence-electron chi connectivity index (χ3n) is 6.44. The second kappa shape index (κ2) is 12.4. The first kappa shape index (κ1) is 30.2. The Morgan fingerprint density at radius 1 is 1.07 bits per heavy atom. The molecule has 9 nitrogen and oxygen atoms in total. The average molecular weight is 583 g/mol. The Morgan fingerprint density at radius 3 is 2.40 bits per heavy atom. The maximum absolute atomic E-state index is 12.7. The van der Waals surface area contributed by atoms with E-state index in [4.69, 9.17) is 10.7 Å². The number of imidazole rings is 2. The summed E-state index contributed by atoms with van der Waals surface area (Å²) in [5, 5.41) is 5.57. The number of halogens is 4. The molecule has 0 unspecified atom stereocenters. The highest BCUT2D eigenvalue weighted by Crippen LogP contribution is 2.32. The Morgan fingerprint density at radius 2 is 1.79 bits per heavy atom. The molecule has 1 saturated heterocycles. The highest BCUT2D eigenvalue weighted by molar-refractivity contribution is 5.87. The number of aryl methyl sites for hydroxylation is 1. The number of anilines is 2. The summed E-state index contributed by atoms with van der Waals surface area (Å²) in [7, 11) is 1.36. The van der Waals surface area contributed by atoms with Gasteiger partial charge in [0.1, 0.15) is 40.0 Å². The van der Waals surface area contributed by atoms with Crippen molar-refractivity contribution < 1.29 is 22.4 Å². The SMILES string of the molecule is CC.CNc1cc(C(F)(F)F)ccc1F.Cc1nc(-c2ccn3c(C=O)cnc3c2)c2c(N)ncc(C=C3CNC3)n12. The predicted molar refractivity (Wildman–Crippen MR) is 155 cm³/mol. The fourth-order valence-electron chi connectivity index (χ4n) is 4.35.